The van der Waals surface area contributed by atoms with E-state index in [0.717, 1.165) is 11.6 Å². The lowest BCUT2D eigenvalue weighted by atomic mass is 10.2. The summed E-state index contributed by atoms with van der Waals surface area (Å²) in [6.45, 7) is 4.65. The Kier molecular flexibility index (Phi) is 3.91. The summed E-state index contributed by atoms with van der Waals surface area (Å²) in [4.78, 5) is 5.44. The first-order valence-electron chi connectivity index (χ1n) is 5.03. The third-order valence-corrected chi connectivity index (χ3v) is 2.43. The van der Waals surface area contributed by atoms with E-state index >= 15 is 0 Å². The Balaban J connectivity index is 2.72. The van der Waals surface area contributed by atoms with E-state index in [-0.39, 0.29) is 0 Å². The van der Waals surface area contributed by atoms with Crippen molar-refractivity contribution >= 4 is 0 Å². The standard InChI is InChI=1S/C11H15F3N2/c1-8(2)16(3)7-9-4-5-10(15-6-9)11(12,13)14/h4-6,8H,7H2,1-3H3. The summed E-state index contributed by atoms with van der Waals surface area (Å²) in [6, 6.07) is 2.83. The average Bonchev–Trinajstić information content (AvgIpc) is 2.17. The number of nitrogens with zero attached hydrogens (tertiary/aromatic N) is 2. The van der Waals surface area contributed by atoms with Gasteiger partial charge in [0.25, 0.3) is 0 Å². The number of aromatic nitrogens is 1. The summed E-state index contributed by atoms with van der Waals surface area (Å²) in [5.74, 6) is 0. The van der Waals surface area contributed by atoms with Gasteiger partial charge in [-0.2, -0.15) is 13.2 Å². The SMILES string of the molecule is CC(C)N(C)Cc1ccc(C(F)(F)F)nc1. The van der Waals surface area contributed by atoms with Crippen molar-refractivity contribution in [3.8, 4) is 0 Å². The molecule has 0 N–H and O–H groups in total. The second-order valence-electron chi connectivity index (χ2n) is 4.06. The van der Waals surface area contributed by atoms with Crippen molar-refractivity contribution in [1.29, 1.82) is 0 Å². The normalized spacial score (nSPS) is 12.5. The minimum absolute atomic E-state index is 0.349. The molecule has 1 aromatic heterocycles. The van der Waals surface area contributed by atoms with Gasteiger partial charge in [0.05, 0.1) is 0 Å². The molecule has 16 heavy (non-hydrogen) atoms. The molecule has 0 spiro atoms. The lowest BCUT2D eigenvalue weighted by Crippen LogP contribution is -2.25. The molecule has 0 radical (unpaired) electrons. The number of hydrogen-bond donors (Lipinski definition) is 0. The van der Waals surface area contributed by atoms with Crippen LogP contribution in [0.3, 0.4) is 0 Å². The predicted octanol–water partition coefficient (Wildman–Crippen LogP) is 2.94. The quantitative estimate of drug-likeness (QED) is 0.796. The molecule has 0 aromatic carbocycles. The Morgan fingerprint density at radius 3 is 2.31 bits per heavy atom. The molecule has 90 valence electrons. The van der Waals surface area contributed by atoms with Gasteiger partial charge in [-0.25, -0.2) is 0 Å². The van der Waals surface area contributed by atoms with Crippen LogP contribution in [0.15, 0.2) is 18.3 Å². The number of hydrogen-bond acceptors (Lipinski definition) is 2. The summed E-state index contributed by atoms with van der Waals surface area (Å²) < 4.78 is 36.7. The molecule has 0 saturated carbocycles. The van der Waals surface area contributed by atoms with Crippen molar-refractivity contribution in [3.05, 3.63) is 29.6 Å². The van der Waals surface area contributed by atoms with Crippen LogP contribution in [0.4, 0.5) is 13.2 Å². The zero-order valence-electron chi connectivity index (χ0n) is 9.54. The van der Waals surface area contributed by atoms with Crippen LogP contribution in [-0.4, -0.2) is 23.0 Å². The smallest absolute Gasteiger partial charge is 0.300 e. The average molecular weight is 232 g/mol. The number of rotatable bonds is 3. The summed E-state index contributed by atoms with van der Waals surface area (Å²) in [5.41, 5.74) is -0.0624. The maximum absolute atomic E-state index is 12.2. The van der Waals surface area contributed by atoms with Crippen molar-refractivity contribution in [2.45, 2.75) is 32.6 Å². The minimum Gasteiger partial charge on any atom is -0.300 e. The molecule has 0 atom stereocenters. The van der Waals surface area contributed by atoms with Crippen LogP contribution in [0, 0.1) is 0 Å². The van der Waals surface area contributed by atoms with Crippen LogP contribution in [-0.2, 0) is 12.7 Å². The van der Waals surface area contributed by atoms with Crippen LogP contribution in [0.5, 0.6) is 0 Å². The first-order valence-corrected chi connectivity index (χ1v) is 5.03. The lowest BCUT2D eigenvalue weighted by molar-refractivity contribution is -0.141. The largest absolute Gasteiger partial charge is 0.433 e. The highest BCUT2D eigenvalue weighted by atomic mass is 19.4. The maximum atomic E-state index is 12.2. The monoisotopic (exact) mass is 232 g/mol. The molecule has 0 aliphatic heterocycles. The Labute approximate surface area is 93.1 Å². The van der Waals surface area contributed by atoms with Crippen LogP contribution in [0.2, 0.25) is 0 Å². The highest BCUT2D eigenvalue weighted by molar-refractivity contribution is 5.15. The van der Waals surface area contributed by atoms with Gasteiger partial charge in [0.2, 0.25) is 0 Å². The van der Waals surface area contributed by atoms with E-state index in [1.165, 1.54) is 12.3 Å². The van der Waals surface area contributed by atoms with Gasteiger partial charge in [0.15, 0.2) is 0 Å². The van der Waals surface area contributed by atoms with Crippen molar-refractivity contribution < 1.29 is 13.2 Å². The van der Waals surface area contributed by atoms with Gasteiger partial charge in [-0.1, -0.05) is 6.07 Å². The van der Waals surface area contributed by atoms with Crippen LogP contribution in [0.1, 0.15) is 25.1 Å². The number of alkyl halides is 3. The predicted molar refractivity (Wildman–Crippen MR) is 55.8 cm³/mol. The molecule has 1 aromatic rings. The van der Waals surface area contributed by atoms with Crippen LogP contribution >= 0.6 is 0 Å². The van der Waals surface area contributed by atoms with Gasteiger partial charge >= 0.3 is 6.18 Å². The van der Waals surface area contributed by atoms with E-state index in [4.69, 9.17) is 0 Å². The second kappa shape index (κ2) is 4.82. The second-order valence-corrected chi connectivity index (χ2v) is 4.06. The van der Waals surface area contributed by atoms with E-state index in [2.05, 4.69) is 4.98 Å². The van der Waals surface area contributed by atoms with Gasteiger partial charge < -0.3 is 0 Å². The first kappa shape index (κ1) is 13.0. The van der Waals surface area contributed by atoms with Crippen molar-refractivity contribution in [1.82, 2.24) is 9.88 Å². The Morgan fingerprint density at radius 2 is 1.94 bits per heavy atom. The van der Waals surface area contributed by atoms with E-state index < -0.39 is 11.9 Å². The molecular weight excluding hydrogens is 217 g/mol. The molecule has 5 heteroatoms. The van der Waals surface area contributed by atoms with Crippen LogP contribution < -0.4 is 0 Å². The molecule has 2 nitrogen and oxygen atoms in total. The summed E-state index contributed by atoms with van der Waals surface area (Å²) >= 11 is 0. The Hall–Kier alpha value is -1.10. The van der Waals surface area contributed by atoms with Gasteiger partial charge in [0, 0.05) is 18.8 Å². The molecule has 1 heterocycles. The highest BCUT2D eigenvalue weighted by Crippen LogP contribution is 2.27. The molecule has 1 rings (SSSR count). The zero-order chi connectivity index (χ0) is 12.3. The van der Waals surface area contributed by atoms with Crippen molar-refractivity contribution in [2.75, 3.05) is 7.05 Å². The van der Waals surface area contributed by atoms with Gasteiger partial charge in [0.1, 0.15) is 5.69 Å². The Bertz CT molecular complexity index is 330. The fraction of sp³-hybridized carbons (Fsp3) is 0.545. The zero-order valence-corrected chi connectivity index (χ0v) is 9.54. The fourth-order valence-electron chi connectivity index (χ4n) is 1.16. The lowest BCUT2D eigenvalue weighted by Gasteiger charge is -2.20. The molecule has 0 fully saturated rings. The fourth-order valence-corrected chi connectivity index (χ4v) is 1.16. The van der Waals surface area contributed by atoms with Crippen molar-refractivity contribution in [3.63, 3.8) is 0 Å². The summed E-state index contributed by atoms with van der Waals surface area (Å²) in [6.07, 6.45) is -3.08. The van der Waals surface area contributed by atoms with E-state index in [0.29, 0.717) is 12.6 Å². The van der Waals surface area contributed by atoms with Gasteiger partial charge in [-0.3, -0.25) is 9.88 Å². The topological polar surface area (TPSA) is 16.1 Å². The molecule has 0 unspecified atom stereocenters. The highest BCUT2D eigenvalue weighted by Gasteiger charge is 2.31. The molecule has 0 amide bonds. The van der Waals surface area contributed by atoms with Gasteiger partial charge in [-0.15, -0.1) is 0 Å². The Morgan fingerprint density at radius 1 is 1.31 bits per heavy atom. The number of pyridine rings is 1. The van der Waals surface area contributed by atoms with Crippen molar-refractivity contribution in [2.24, 2.45) is 0 Å². The summed E-state index contributed by atoms with van der Waals surface area (Å²) in [5, 5.41) is 0. The first-order chi connectivity index (χ1) is 7.30. The molecule has 0 aliphatic rings. The van der Waals surface area contributed by atoms with Crippen LogP contribution in [0.25, 0.3) is 0 Å². The maximum Gasteiger partial charge on any atom is 0.433 e. The van der Waals surface area contributed by atoms with E-state index in [1.54, 1.807) is 0 Å². The van der Waals surface area contributed by atoms with Gasteiger partial charge in [-0.05, 0) is 32.5 Å². The minimum atomic E-state index is -4.36. The summed E-state index contributed by atoms with van der Waals surface area (Å²) in [7, 11) is 1.92. The molecule has 0 bridgehead atoms. The third kappa shape index (κ3) is 3.48. The molecule has 0 aliphatic carbocycles. The van der Waals surface area contributed by atoms with E-state index in [1.807, 2.05) is 25.8 Å². The molecule has 0 saturated heterocycles. The number of halogens is 3. The molecular formula is C11H15F3N2. The van der Waals surface area contributed by atoms with E-state index in [9.17, 15) is 13.2 Å². The third-order valence-electron chi connectivity index (χ3n) is 2.43.